The molecule has 0 heterocycles. The molecule has 0 saturated heterocycles. The normalized spacial score (nSPS) is 15.1. The number of nitrogens with zero attached hydrogens (tertiary/aromatic N) is 1. The minimum absolute atomic E-state index is 0.0107. The molecule has 0 aliphatic carbocycles. The lowest BCUT2D eigenvalue weighted by Crippen LogP contribution is -2.45. The summed E-state index contributed by atoms with van der Waals surface area (Å²) < 4.78 is 23.0. The fraction of sp³-hybridized carbons (Fsp3) is 0.694. The molecule has 3 atom stereocenters. The molecule has 3 unspecified atom stereocenters. The minimum atomic E-state index is -4.59. The number of amides is 1. The molecule has 0 aliphatic rings. The summed E-state index contributed by atoms with van der Waals surface area (Å²) >= 11 is 0. The van der Waals surface area contributed by atoms with E-state index in [9.17, 15) is 19.4 Å². The number of carbonyl (C=O) groups excluding carboxylic acids is 1. The average Bonchev–Trinajstić information content (AvgIpc) is 3.17. The molecule has 58 heavy (non-hydrogen) atoms. The van der Waals surface area contributed by atoms with Crippen molar-refractivity contribution >= 4 is 13.7 Å². The standard InChI is InChI=1S/C49H87N2O6P/c1-6-8-10-12-14-15-16-17-18-19-20-21-22-23-24-25-26-27-28-29-30-31-32-33-34-35-37-39-41-43-49(53)50-47(48(52)42-40-38-36-13-11-9-7-2)46-57-58(54,55)56-45-44-51(3,4)5/h8,10-11,13-15,17-18,20-21,23-24,40,42,47-48,52H,6-7,9,12,16,19,22,25-39,41,43-46H2,1-5H3,(H-,50,53,54,55)/b10-8-,13-11+,15-14-,18-17-,21-20-,24-23-,42-40+. The van der Waals surface area contributed by atoms with Crippen molar-refractivity contribution in [1.82, 2.24) is 5.32 Å². The number of allylic oxidation sites excluding steroid dienone is 13. The highest BCUT2D eigenvalue weighted by Crippen LogP contribution is 2.38. The Morgan fingerprint density at radius 2 is 1.07 bits per heavy atom. The number of phosphoric ester groups is 1. The van der Waals surface area contributed by atoms with Gasteiger partial charge in [-0.15, -0.1) is 0 Å². The maximum atomic E-state index is 12.8. The third-order valence-corrected chi connectivity index (χ3v) is 10.5. The van der Waals surface area contributed by atoms with Gasteiger partial charge in [0.1, 0.15) is 13.2 Å². The summed E-state index contributed by atoms with van der Waals surface area (Å²) in [5.41, 5.74) is 0. The van der Waals surface area contributed by atoms with Crippen molar-refractivity contribution in [2.75, 3.05) is 40.9 Å². The summed E-state index contributed by atoms with van der Waals surface area (Å²) in [5.74, 6) is -0.218. The second-order valence-electron chi connectivity index (χ2n) is 16.4. The van der Waals surface area contributed by atoms with E-state index in [2.05, 4.69) is 92.1 Å². The molecule has 0 aliphatic heterocycles. The fourth-order valence-corrected chi connectivity index (χ4v) is 6.69. The van der Waals surface area contributed by atoms with Gasteiger partial charge in [-0.25, -0.2) is 0 Å². The Labute approximate surface area is 356 Å². The van der Waals surface area contributed by atoms with Crippen LogP contribution in [0.2, 0.25) is 0 Å². The second kappa shape index (κ2) is 40.1. The molecule has 2 N–H and O–H groups in total. The lowest BCUT2D eigenvalue weighted by Gasteiger charge is -2.29. The van der Waals surface area contributed by atoms with Crippen molar-refractivity contribution < 1.29 is 32.9 Å². The molecule has 8 nitrogen and oxygen atoms in total. The van der Waals surface area contributed by atoms with Crippen molar-refractivity contribution in [2.45, 2.75) is 180 Å². The maximum absolute atomic E-state index is 12.8. The first-order valence-corrected chi connectivity index (χ1v) is 24.4. The molecule has 0 bridgehead atoms. The van der Waals surface area contributed by atoms with Gasteiger partial charge in [0.15, 0.2) is 0 Å². The lowest BCUT2D eigenvalue weighted by molar-refractivity contribution is -0.870. The minimum Gasteiger partial charge on any atom is -0.756 e. The van der Waals surface area contributed by atoms with Gasteiger partial charge in [-0.1, -0.05) is 176 Å². The van der Waals surface area contributed by atoms with Crippen LogP contribution in [0.25, 0.3) is 0 Å². The molecule has 0 rings (SSSR count). The Morgan fingerprint density at radius 1 is 0.621 bits per heavy atom. The third-order valence-electron chi connectivity index (χ3n) is 9.57. The van der Waals surface area contributed by atoms with E-state index in [-0.39, 0.29) is 12.5 Å². The highest BCUT2D eigenvalue weighted by atomic mass is 31.2. The number of phosphoric acid groups is 1. The smallest absolute Gasteiger partial charge is 0.268 e. The summed E-state index contributed by atoms with van der Waals surface area (Å²) in [6, 6.07) is -0.904. The Bertz CT molecular complexity index is 1220. The molecule has 0 spiro atoms. The van der Waals surface area contributed by atoms with E-state index in [1.54, 1.807) is 6.08 Å². The van der Waals surface area contributed by atoms with Gasteiger partial charge in [0, 0.05) is 6.42 Å². The predicted octanol–water partition coefficient (Wildman–Crippen LogP) is 12.3. The quantitative estimate of drug-likeness (QED) is 0.0276. The van der Waals surface area contributed by atoms with Gasteiger partial charge in [-0.2, -0.15) is 0 Å². The number of nitrogens with one attached hydrogen (secondary N) is 1. The molecular formula is C49H87N2O6P. The average molecular weight is 831 g/mol. The van der Waals surface area contributed by atoms with Gasteiger partial charge in [0.25, 0.3) is 7.82 Å². The first kappa shape index (κ1) is 55.7. The van der Waals surface area contributed by atoms with E-state index in [4.69, 9.17) is 9.05 Å². The fourth-order valence-electron chi connectivity index (χ4n) is 5.97. The molecule has 0 aromatic rings. The SMILES string of the molecule is CC/C=C\C/C=C\C/C=C\C/C=C\C/C=C\CCCCCCCCCCCCCCCC(=O)NC(COP(=O)([O-])OCC[N+](C)(C)C)C(O)/C=C/CC/C=C/CCC. The van der Waals surface area contributed by atoms with Gasteiger partial charge in [0.05, 0.1) is 39.9 Å². The van der Waals surface area contributed by atoms with Crippen LogP contribution in [-0.4, -0.2) is 68.5 Å². The third kappa shape index (κ3) is 41.8. The number of quaternary nitrogens is 1. The monoisotopic (exact) mass is 831 g/mol. The van der Waals surface area contributed by atoms with E-state index in [0.29, 0.717) is 17.4 Å². The predicted molar refractivity (Wildman–Crippen MR) is 246 cm³/mol. The number of carbonyl (C=O) groups is 1. The number of unbranched alkanes of at least 4 members (excludes halogenated alkanes) is 15. The van der Waals surface area contributed by atoms with Crippen LogP contribution in [0.5, 0.6) is 0 Å². The summed E-state index contributed by atoms with van der Waals surface area (Å²) in [6.45, 7) is 4.37. The molecule has 334 valence electrons. The van der Waals surface area contributed by atoms with Crippen molar-refractivity contribution in [3.05, 3.63) is 85.1 Å². The number of aliphatic hydroxyl groups excluding tert-OH is 1. The van der Waals surface area contributed by atoms with Crippen LogP contribution < -0.4 is 10.2 Å². The van der Waals surface area contributed by atoms with Crippen LogP contribution in [0.3, 0.4) is 0 Å². The van der Waals surface area contributed by atoms with Crippen LogP contribution >= 0.6 is 7.82 Å². The second-order valence-corrected chi connectivity index (χ2v) is 17.8. The summed E-state index contributed by atoms with van der Waals surface area (Å²) in [5, 5.41) is 13.6. The lowest BCUT2D eigenvalue weighted by atomic mass is 10.0. The van der Waals surface area contributed by atoms with Crippen molar-refractivity contribution in [3.63, 3.8) is 0 Å². The van der Waals surface area contributed by atoms with Crippen LogP contribution in [0, 0.1) is 0 Å². The number of aliphatic hydroxyl groups is 1. The van der Waals surface area contributed by atoms with Crippen molar-refractivity contribution in [1.29, 1.82) is 0 Å². The van der Waals surface area contributed by atoms with Crippen LogP contribution in [-0.2, 0) is 18.4 Å². The van der Waals surface area contributed by atoms with Crippen molar-refractivity contribution in [2.24, 2.45) is 0 Å². The Kier molecular flexibility index (Phi) is 38.5. The molecular weight excluding hydrogens is 744 g/mol. The van der Waals surface area contributed by atoms with Gasteiger partial charge in [0.2, 0.25) is 5.91 Å². The van der Waals surface area contributed by atoms with E-state index in [1.165, 1.54) is 70.6 Å². The number of rotatable bonds is 40. The first-order valence-electron chi connectivity index (χ1n) is 22.9. The zero-order valence-electron chi connectivity index (χ0n) is 37.7. The van der Waals surface area contributed by atoms with Crippen LogP contribution in [0.15, 0.2) is 85.1 Å². The van der Waals surface area contributed by atoms with E-state index in [1.807, 2.05) is 27.2 Å². The van der Waals surface area contributed by atoms with Crippen LogP contribution in [0.1, 0.15) is 168 Å². The summed E-state index contributed by atoms with van der Waals surface area (Å²) in [4.78, 5) is 25.2. The van der Waals surface area contributed by atoms with Crippen LogP contribution in [0.4, 0.5) is 0 Å². The molecule has 0 saturated carbocycles. The van der Waals surface area contributed by atoms with Gasteiger partial charge in [-0.05, 0) is 70.6 Å². The largest absolute Gasteiger partial charge is 0.756 e. The molecule has 0 aromatic carbocycles. The first-order chi connectivity index (χ1) is 28.0. The van der Waals surface area contributed by atoms with Crippen molar-refractivity contribution in [3.8, 4) is 0 Å². The zero-order chi connectivity index (χ0) is 42.8. The molecule has 0 fully saturated rings. The number of hydrogen-bond donors (Lipinski definition) is 2. The molecule has 0 radical (unpaired) electrons. The summed E-state index contributed by atoms with van der Waals surface area (Å²) in [7, 11) is 1.23. The Hall–Kier alpha value is -2.32. The van der Waals surface area contributed by atoms with Gasteiger partial charge in [-0.3, -0.25) is 9.36 Å². The van der Waals surface area contributed by atoms with Gasteiger partial charge >= 0.3 is 0 Å². The Morgan fingerprint density at radius 3 is 1.59 bits per heavy atom. The topological polar surface area (TPSA) is 108 Å². The molecule has 9 heteroatoms. The highest BCUT2D eigenvalue weighted by molar-refractivity contribution is 7.45. The molecule has 0 aromatic heterocycles. The van der Waals surface area contributed by atoms with E-state index < -0.39 is 26.6 Å². The zero-order valence-corrected chi connectivity index (χ0v) is 38.6. The Balaban J connectivity index is 4.06. The maximum Gasteiger partial charge on any atom is 0.268 e. The number of hydrogen-bond acceptors (Lipinski definition) is 6. The highest BCUT2D eigenvalue weighted by Gasteiger charge is 2.23. The summed E-state index contributed by atoms with van der Waals surface area (Å²) in [6.07, 6.45) is 55.3. The molecule has 1 amide bonds. The van der Waals surface area contributed by atoms with Gasteiger partial charge < -0.3 is 28.8 Å². The van der Waals surface area contributed by atoms with E-state index in [0.717, 1.165) is 77.0 Å². The number of likely N-dealkylation sites (N-methyl/N-ethyl adjacent to an activating group) is 1. The van der Waals surface area contributed by atoms with E-state index >= 15 is 0 Å².